The van der Waals surface area contributed by atoms with Crippen LogP contribution in [0.25, 0.3) is 0 Å². The summed E-state index contributed by atoms with van der Waals surface area (Å²) >= 11 is 0. The van der Waals surface area contributed by atoms with E-state index in [1.807, 2.05) is 0 Å². The maximum absolute atomic E-state index is 12.9. The number of halogens is 1. The van der Waals surface area contributed by atoms with Gasteiger partial charge in [0.1, 0.15) is 5.82 Å². The number of carbonyl (C=O) groups excluding carboxylic acids is 1. The quantitative estimate of drug-likeness (QED) is 0.826. The molecule has 92 valence electrons. The van der Waals surface area contributed by atoms with Gasteiger partial charge in [0, 0.05) is 5.69 Å². The lowest BCUT2D eigenvalue weighted by Gasteiger charge is -2.22. The molecule has 0 bridgehead atoms. The van der Waals surface area contributed by atoms with Crippen LogP contribution in [0.3, 0.4) is 0 Å². The Morgan fingerprint density at radius 1 is 1.47 bits per heavy atom. The zero-order valence-electron chi connectivity index (χ0n) is 9.92. The van der Waals surface area contributed by atoms with E-state index in [0.717, 1.165) is 31.4 Å². The fourth-order valence-corrected chi connectivity index (χ4v) is 2.06. The molecule has 2 rings (SSSR count). The second-order valence-corrected chi connectivity index (χ2v) is 4.45. The van der Waals surface area contributed by atoms with Gasteiger partial charge in [-0.15, -0.1) is 0 Å². The van der Waals surface area contributed by atoms with Crippen LogP contribution in [-0.2, 0) is 4.79 Å². The van der Waals surface area contributed by atoms with Crippen LogP contribution < -0.4 is 10.6 Å². The Bertz CT molecular complexity index is 414. The van der Waals surface area contributed by atoms with E-state index >= 15 is 0 Å². The van der Waals surface area contributed by atoms with Gasteiger partial charge in [0.15, 0.2) is 0 Å². The molecule has 4 heteroatoms. The number of anilines is 1. The Labute approximate surface area is 100 Å². The van der Waals surface area contributed by atoms with Gasteiger partial charge in [-0.1, -0.05) is 6.42 Å². The molecule has 0 radical (unpaired) electrons. The summed E-state index contributed by atoms with van der Waals surface area (Å²) in [5.41, 5.74) is 1.43. The first-order chi connectivity index (χ1) is 8.16. The van der Waals surface area contributed by atoms with Gasteiger partial charge in [0.2, 0.25) is 5.91 Å². The lowest BCUT2D eigenvalue weighted by molar-refractivity contribution is -0.118. The molecule has 1 aliphatic heterocycles. The molecule has 1 heterocycles. The third-order valence-electron chi connectivity index (χ3n) is 3.07. The molecule has 0 aromatic heterocycles. The van der Waals surface area contributed by atoms with Crippen LogP contribution in [0, 0.1) is 12.7 Å². The number of aryl methyl sites for hydroxylation is 1. The Hall–Kier alpha value is -1.42. The zero-order chi connectivity index (χ0) is 12.3. The minimum absolute atomic E-state index is 0.0283. The van der Waals surface area contributed by atoms with E-state index in [1.54, 1.807) is 13.0 Å². The van der Waals surface area contributed by atoms with Gasteiger partial charge < -0.3 is 10.6 Å². The molecule has 3 nitrogen and oxygen atoms in total. The predicted octanol–water partition coefficient (Wildman–Crippen LogP) is 2.21. The molecule has 1 amide bonds. The molecule has 17 heavy (non-hydrogen) atoms. The van der Waals surface area contributed by atoms with Crippen molar-refractivity contribution in [2.45, 2.75) is 32.2 Å². The fourth-order valence-electron chi connectivity index (χ4n) is 2.06. The minimum atomic E-state index is -0.281. The largest absolute Gasteiger partial charge is 0.324 e. The van der Waals surface area contributed by atoms with Crippen molar-refractivity contribution in [2.24, 2.45) is 0 Å². The summed E-state index contributed by atoms with van der Waals surface area (Å²) in [6.07, 6.45) is 3.07. The maximum atomic E-state index is 12.9. The highest BCUT2D eigenvalue weighted by molar-refractivity contribution is 5.95. The van der Waals surface area contributed by atoms with Crippen LogP contribution in [-0.4, -0.2) is 18.5 Å². The topological polar surface area (TPSA) is 41.1 Å². The normalized spacial score (nSPS) is 20.0. The van der Waals surface area contributed by atoms with E-state index in [9.17, 15) is 9.18 Å². The third kappa shape index (κ3) is 3.03. The molecule has 1 aromatic rings. The summed E-state index contributed by atoms with van der Waals surface area (Å²) in [6, 6.07) is 4.26. The van der Waals surface area contributed by atoms with Gasteiger partial charge in [-0.3, -0.25) is 4.79 Å². The first-order valence-electron chi connectivity index (χ1n) is 5.97. The first kappa shape index (κ1) is 12.0. The van der Waals surface area contributed by atoms with Crippen molar-refractivity contribution in [1.29, 1.82) is 0 Å². The van der Waals surface area contributed by atoms with Crippen LogP contribution in [0.4, 0.5) is 10.1 Å². The summed E-state index contributed by atoms with van der Waals surface area (Å²) in [6.45, 7) is 2.67. The summed E-state index contributed by atoms with van der Waals surface area (Å²) in [4.78, 5) is 11.9. The standard InChI is InChI=1S/C13H17FN2O/c1-9-8-10(14)5-6-11(9)16-13(17)12-4-2-3-7-15-12/h5-6,8,12,15H,2-4,7H2,1H3,(H,16,17)/t12-/m1/s1. The average Bonchev–Trinajstić information content (AvgIpc) is 2.34. The van der Waals surface area contributed by atoms with Crippen LogP contribution in [0.1, 0.15) is 24.8 Å². The first-order valence-corrected chi connectivity index (χ1v) is 5.97. The van der Waals surface area contributed by atoms with Crippen LogP contribution in [0.2, 0.25) is 0 Å². The number of benzene rings is 1. The van der Waals surface area contributed by atoms with Crippen LogP contribution >= 0.6 is 0 Å². The number of nitrogens with one attached hydrogen (secondary N) is 2. The lowest BCUT2D eigenvalue weighted by Crippen LogP contribution is -2.43. The Balaban J connectivity index is 2.02. The van der Waals surface area contributed by atoms with Gasteiger partial charge in [-0.2, -0.15) is 0 Å². The summed E-state index contributed by atoms with van der Waals surface area (Å²) in [7, 11) is 0. The van der Waals surface area contributed by atoms with E-state index < -0.39 is 0 Å². The molecule has 0 aliphatic carbocycles. The van der Waals surface area contributed by atoms with Crippen molar-refractivity contribution in [2.75, 3.05) is 11.9 Å². The van der Waals surface area contributed by atoms with Crippen molar-refractivity contribution in [1.82, 2.24) is 5.32 Å². The SMILES string of the molecule is Cc1cc(F)ccc1NC(=O)[C@H]1CCCCN1. The molecular formula is C13H17FN2O. The molecule has 1 saturated heterocycles. The van der Waals surface area contributed by atoms with Crippen LogP contribution in [0.5, 0.6) is 0 Å². The van der Waals surface area contributed by atoms with E-state index in [4.69, 9.17) is 0 Å². The monoisotopic (exact) mass is 236 g/mol. The van der Waals surface area contributed by atoms with Crippen molar-refractivity contribution < 1.29 is 9.18 Å². The van der Waals surface area contributed by atoms with Gasteiger partial charge in [0.05, 0.1) is 6.04 Å². The molecule has 2 N–H and O–H groups in total. The predicted molar refractivity (Wildman–Crippen MR) is 65.4 cm³/mol. The number of piperidine rings is 1. The van der Waals surface area contributed by atoms with Gasteiger partial charge in [-0.05, 0) is 50.1 Å². The Kier molecular flexibility index (Phi) is 3.74. The maximum Gasteiger partial charge on any atom is 0.241 e. The molecule has 1 aromatic carbocycles. The van der Waals surface area contributed by atoms with E-state index in [1.165, 1.54) is 12.1 Å². The Morgan fingerprint density at radius 3 is 2.94 bits per heavy atom. The van der Waals surface area contributed by atoms with Gasteiger partial charge in [0.25, 0.3) is 0 Å². The summed E-state index contributed by atoms with van der Waals surface area (Å²) in [5.74, 6) is -0.310. The molecular weight excluding hydrogens is 219 g/mol. The number of hydrogen-bond acceptors (Lipinski definition) is 2. The lowest BCUT2D eigenvalue weighted by atomic mass is 10.0. The van der Waals surface area contributed by atoms with E-state index in [-0.39, 0.29) is 17.8 Å². The number of hydrogen-bond donors (Lipinski definition) is 2. The smallest absolute Gasteiger partial charge is 0.241 e. The van der Waals surface area contributed by atoms with Crippen molar-refractivity contribution >= 4 is 11.6 Å². The van der Waals surface area contributed by atoms with Crippen molar-refractivity contribution in [3.05, 3.63) is 29.6 Å². The highest BCUT2D eigenvalue weighted by atomic mass is 19.1. The average molecular weight is 236 g/mol. The zero-order valence-corrected chi connectivity index (χ0v) is 9.92. The number of rotatable bonds is 2. The molecule has 1 atom stereocenters. The van der Waals surface area contributed by atoms with Gasteiger partial charge in [-0.25, -0.2) is 4.39 Å². The summed E-state index contributed by atoms with van der Waals surface area (Å²) in [5, 5.41) is 6.02. The third-order valence-corrected chi connectivity index (χ3v) is 3.07. The molecule has 0 spiro atoms. The van der Waals surface area contributed by atoms with Gasteiger partial charge >= 0.3 is 0 Å². The van der Waals surface area contributed by atoms with Crippen molar-refractivity contribution in [3.8, 4) is 0 Å². The second-order valence-electron chi connectivity index (χ2n) is 4.45. The number of carbonyl (C=O) groups is 1. The van der Waals surface area contributed by atoms with E-state index in [0.29, 0.717) is 5.69 Å². The fraction of sp³-hybridized carbons (Fsp3) is 0.462. The Morgan fingerprint density at radius 2 is 2.29 bits per heavy atom. The van der Waals surface area contributed by atoms with Crippen molar-refractivity contribution in [3.63, 3.8) is 0 Å². The molecule has 0 unspecified atom stereocenters. The molecule has 1 fully saturated rings. The highest BCUT2D eigenvalue weighted by Gasteiger charge is 2.20. The highest BCUT2D eigenvalue weighted by Crippen LogP contribution is 2.17. The molecule has 1 aliphatic rings. The summed E-state index contributed by atoms with van der Waals surface area (Å²) < 4.78 is 12.9. The molecule has 0 saturated carbocycles. The van der Waals surface area contributed by atoms with E-state index in [2.05, 4.69) is 10.6 Å². The number of amides is 1. The minimum Gasteiger partial charge on any atom is -0.324 e. The second kappa shape index (κ2) is 5.27. The van der Waals surface area contributed by atoms with Crippen LogP contribution in [0.15, 0.2) is 18.2 Å².